The summed E-state index contributed by atoms with van der Waals surface area (Å²) in [6.07, 6.45) is 0. The van der Waals surface area contributed by atoms with Gasteiger partial charge >= 0.3 is 0 Å². The zero-order valence-electron chi connectivity index (χ0n) is 5.67. The van der Waals surface area contributed by atoms with Crippen molar-refractivity contribution in [3.63, 3.8) is 0 Å². The van der Waals surface area contributed by atoms with Gasteiger partial charge in [0, 0.05) is 5.92 Å². The van der Waals surface area contributed by atoms with Crippen molar-refractivity contribution < 1.29 is 15.3 Å². The first kappa shape index (κ1) is 29.6. The SMILES string of the molecule is Cl.Cl.Cl.Cl.OCC(CO)CO. The molecule has 3 nitrogen and oxygen atoms in total. The Morgan fingerprint density at radius 3 is 0.818 bits per heavy atom. The molecule has 7 heteroatoms. The van der Waals surface area contributed by atoms with E-state index in [9.17, 15) is 0 Å². The van der Waals surface area contributed by atoms with Gasteiger partial charge in [-0.1, -0.05) is 0 Å². The van der Waals surface area contributed by atoms with Crippen molar-refractivity contribution in [2.24, 2.45) is 5.92 Å². The zero-order valence-corrected chi connectivity index (χ0v) is 8.94. The first-order valence-corrected chi connectivity index (χ1v) is 2.17. The molecule has 3 N–H and O–H groups in total. The molecule has 0 aliphatic carbocycles. The summed E-state index contributed by atoms with van der Waals surface area (Å²) in [6.45, 7) is -0.437. The normalized spacial score (nSPS) is 6.55. The van der Waals surface area contributed by atoms with E-state index < -0.39 is 0 Å². The average molecular weight is 252 g/mol. The number of hydrogen-bond donors (Lipinski definition) is 3. The van der Waals surface area contributed by atoms with Crippen LogP contribution in [0, 0.1) is 5.92 Å². The molecular formula is C4H14Cl4O3. The van der Waals surface area contributed by atoms with E-state index in [1.54, 1.807) is 0 Å². The predicted octanol–water partition coefficient (Wildman–Crippen LogP) is 0.267. The van der Waals surface area contributed by atoms with Crippen LogP contribution in [0.4, 0.5) is 0 Å². The van der Waals surface area contributed by atoms with Gasteiger partial charge in [-0.3, -0.25) is 0 Å². The lowest BCUT2D eigenvalue weighted by molar-refractivity contribution is 0.0969. The minimum Gasteiger partial charge on any atom is -0.396 e. The summed E-state index contributed by atoms with van der Waals surface area (Å²) in [5.74, 6) is -0.347. The highest BCUT2D eigenvalue weighted by atomic mass is 35.5. The van der Waals surface area contributed by atoms with Crippen molar-refractivity contribution in [2.75, 3.05) is 19.8 Å². The van der Waals surface area contributed by atoms with Gasteiger partial charge in [0.1, 0.15) is 0 Å². The third-order valence-electron chi connectivity index (χ3n) is 0.775. The molecule has 0 spiro atoms. The molecule has 0 aliphatic rings. The molecule has 11 heavy (non-hydrogen) atoms. The highest BCUT2D eigenvalue weighted by Gasteiger charge is 2.00. The molecule has 0 amide bonds. The zero-order chi connectivity index (χ0) is 5.70. The molecule has 0 fully saturated rings. The summed E-state index contributed by atoms with van der Waals surface area (Å²) in [6, 6.07) is 0. The van der Waals surface area contributed by atoms with E-state index in [0.717, 1.165) is 0 Å². The molecule has 0 radical (unpaired) electrons. The Morgan fingerprint density at radius 2 is 0.818 bits per heavy atom. The Morgan fingerprint density at radius 1 is 0.636 bits per heavy atom. The third-order valence-corrected chi connectivity index (χ3v) is 0.775. The minimum absolute atomic E-state index is 0. The molecule has 76 valence electrons. The quantitative estimate of drug-likeness (QED) is 0.675. The molecule has 0 bridgehead atoms. The minimum atomic E-state index is -0.347. The van der Waals surface area contributed by atoms with Crippen LogP contribution in [-0.4, -0.2) is 35.1 Å². The number of rotatable bonds is 3. The third kappa shape index (κ3) is 18.2. The first-order valence-electron chi connectivity index (χ1n) is 2.17. The van der Waals surface area contributed by atoms with Crippen LogP contribution in [0.25, 0.3) is 0 Å². The second-order valence-electron chi connectivity index (χ2n) is 1.41. The fourth-order valence-electron chi connectivity index (χ4n) is 0.173. The number of aliphatic hydroxyl groups excluding tert-OH is 3. The Labute approximate surface area is 90.8 Å². The molecule has 0 aromatic carbocycles. The van der Waals surface area contributed by atoms with Crippen LogP contribution in [0.15, 0.2) is 0 Å². The second kappa shape index (κ2) is 22.5. The van der Waals surface area contributed by atoms with Gasteiger partial charge in [-0.05, 0) is 0 Å². The Hall–Kier alpha value is 1.04. The lowest BCUT2D eigenvalue weighted by atomic mass is 10.2. The van der Waals surface area contributed by atoms with Crippen molar-refractivity contribution in [1.82, 2.24) is 0 Å². The molecule has 0 saturated heterocycles. The van der Waals surface area contributed by atoms with Crippen molar-refractivity contribution in [2.45, 2.75) is 0 Å². The summed E-state index contributed by atoms with van der Waals surface area (Å²) < 4.78 is 0. The van der Waals surface area contributed by atoms with Gasteiger partial charge < -0.3 is 15.3 Å². The smallest absolute Gasteiger partial charge is 0.0503 e. The van der Waals surface area contributed by atoms with Gasteiger partial charge in [0.2, 0.25) is 0 Å². The lowest BCUT2D eigenvalue weighted by Gasteiger charge is -2.02. The van der Waals surface area contributed by atoms with Crippen LogP contribution >= 0.6 is 49.6 Å². The summed E-state index contributed by atoms with van der Waals surface area (Å²) in [7, 11) is 0. The standard InChI is InChI=1S/C4H10O3.4ClH/c5-1-4(2-6)3-7;;;;/h4-7H,1-3H2;4*1H. The molecule has 0 aromatic rings. The number of aliphatic hydroxyl groups is 3. The van der Waals surface area contributed by atoms with Crippen LogP contribution in [-0.2, 0) is 0 Å². The van der Waals surface area contributed by atoms with Crippen LogP contribution < -0.4 is 0 Å². The van der Waals surface area contributed by atoms with E-state index in [2.05, 4.69) is 0 Å². The molecule has 0 saturated carbocycles. The van der Waals surface area contributed by atoms with Gasteiger partial charge in [0.15, 0.2) is 0 Å². The maximum absolute atomic E-state index is 8.21. The lowest BCUT2D eigenvalue weighted by Crippen LogP contribution is -2.14. The van der Waals surface area contributed by atoms with E-state index in [4.69, 9.17) is 15.3 Å². The summed E-state index contributed by atoms with van der Waals surface area (Å²) >= 11 is 0. The maximum Gasteiger partial charge on any atom is 0.0503 e. The number of halogens is 4. The van der Waals surface area contributed by atoms with Crippen LogP contribution in [0.1, 0.15) is 0 Å². The summed E-state index contributed by atoms with van der Waals surface area (Å²) in [4.78, 5) is 0. The van der Waals surface area contributed by atoms with E-state index >= 15 is 0 Å². The predicted molar refractivity (Wildman–Crippen MR) is 53.7 cm³/mol. The van der Waals surface area contributed by atoms with Crippen LogP contribution in [0.3, 0.4) is 0 Å². The van der Waals surface area contributed by atoms with Crippen molar-refractivity contribution in [1.29, 1.82) is 0 Å². The summed E-state index contributed by atoms with van der Waals surface area (Å²) in [5.41, 5.74) is 0. The van der Waals surface area contributed by atoms with Gasteiger partial charge in [-0.2, -0.15) is 0 Å². The highest BCUT2D eigenvalue weighted by molar-refractivity contribution is 5.86. The monoisotopic (exact) mass is 250 g/mol. The van der Waals surface area contributed by atoms with Crippen LogP contribution in [0.2, 0.25) is 0 Å². The van der Waals surface area contributed by atoms with Gasteiger partial charge in [-0.25, -0.2) is 0 Å². The highest BCUT2D eigenvalue weighted by Crippen LogP contribution is 1.87. The molecule has 0 heterocycles. The van der Waals surface area contributed by atoms with E-state index in [0.29, 0.717) is 0 Å². The van der Waals surface area contributed by atoms with E-state index in [1.165, 1.54) is 0 Å². The van der Waals surface area contributed by atoms with Crippen molar-refractivity contribution in [3.8, 4) is 0 Å². The molecule has 0 aliphatic heterocycles. The molecule has 0 rings (SSSR count). The largest absolute Gasteiger partial charge is 0.396 e. The molecule has 0 unspecified atom stereocenters. The number of hydrogen-bond acceptors (Lipinski definition) is 3. The van der Waals surface area contributed by atoms with Crippen LogP contribution in [0.5, 0.6) is 0 Å². The molecule has 0 aromatic heterocycles. The topological polar surface area (TPSA) is 60.7 Å². The van der Waals surface area contributed by atoms with E-state index in [-0.39, 0.29) is 75.4 Å². The van der Waals surface area contributed by atoms with Gasteiger partial charge in [0.05, 0.1) is 19.8 Å². The van der Waals surface area contributed by atoms with Crippen molar-refractivity contribution in [3.05, 3.63) is 0 Å². The Bertz CT molecular complexity index is 38.8. The van der Waals surface area contributed by atoms with E-state index in [1.807, 2.05) is 0 Å². The first-order chi connectivity index (χ1) is 3.35. The molecule has 0 atom stereocenters. The van der Waals surface area contributed by atoms with Gasteiger partial charge in [0.25, 0.3) is 0 Å². The fourth-order valence-corrected chi connectivity index (χ4v) is 0.173. The second-order valence-corrected chi connectivity index (χ2v) is 1.41. The Balaban J connectivity index is -0.0000000300. The summed E-state index contributed by atoms with van der Waals surface area (Å²) in [5, 5.41) is 24.6. The maximum atomic E-state index is 8.21. The van der Waals surface area contributed by atoms with Gasteiger partial charge in [-0.15, -0.1) is 49.6 Å². The van der Waals surface area contributed by atoms with Crippen molar-refractivity contribution >= 4 is 49.6 Å². The Kier molecular flexibility index (Phi) is 60.4. The fraction of sp³-hybridized carbons (Fsp3) is 1.00. The molecular weight excluding hydrogens is 238 g/mol. The average Bonchev–Trinajstić information content (AvgIpc) is 1.72.